The SMILES string of the molecule is C=C1CCCc2cccc(c2)C(C)(C)CCPCC(/C(C)=C\[C@@H](CC)CO)O1. The van der Waals surface area contributed by atoms with Crippen LogP contribution in [0.4, 0.5) is 0 Å². The van der Waals surface area contributed by atoms with Gasteiger partial charge in [-0.1, -0.05) is 57.7 Å². The van der Waals surface area contributed by atoms with Gasteiger partial charge in [-0.25, -0.2) is 0 Å². The van der Waals surface area contributed by atoms with Crippen LogP contribution in [0, 0.1) is 5.92 Å². The molecule has 0 spiro atoms. The van der Waals surface area contributed by atoms with Gasteiger partial charge in [0.15, 0.2) is 0 Å². The normalized spacial score (nSPS) is 23.7. The first-order chi connectivity index (χ1) is 13.4. The Morgan fingerprint density at radius 2 is 2.18 bits per heavy atom. The van der Waals surface area contributed by atoms with E-state index in [-0.39, 0.29) is 24.0 Å². The second-order valence-electron chi connectivity index (χ2n) is 8.80. The minimum Gasteiger partial charge on any atom is -0.491 e. The molecule has 3 atom stereocenters. The molecule has 0 fully saturated rings. The van der Waals surface area contributed by atoms with Gasteiger partial charge in [-0.05, 0) is 60.9 Å². The molecule has 1 aliphatic heterocycles. The fourth-order valence-electron chi connectivity index (χ4n) is 3.75. The number of fused-ring (bicyclic) bond motifs is 2. The average Bonchev–Trinajstić information content (AvgIpc) is 2.67. The molecule has 28 heavy (non-hydrogen) atoms. The highest BCUT2D eigenvalue weighted by molar-refractivity contribution is 7.38. The quantitative estimate of drug-likeness (QED) is 0.478. The molecule has 0 amide bonds. The van der Waals surface area contributed by atoms with Crippen LogP contribution < -0.4 is 0 Å². The lowest BCUT2D eigenvalue weighted by Gasteiger charge is -2.28. The molecular formula is C25H39O2P. The highest BCUT2D eigenvalue weighted by atomic mass is 31.1. The molecule has 1 aromatic carbocycles. The molecule has 1 aliphatic rings. The maximum Gasteiger partial charge on any atom is 0.123 e. The van der Waals surface area contributed by atoms with E-state index in [1.165, 1.54) is 29.3 Å². The van der Waals surface area contributed by atoms with Crippen LogP contribution in [0.15, 0.2) is 48.3 Å². The Morgan fingerprint density at radius 3 is 2.89 bits per heavy atom. The fourth-order valence-corrected chi connectivity index (χ4v) is 5.42. The fraction of sp³-hybridized carbons (Fsp3) is 0.600. The smallest absolute Gasteiger partial charge is 0.123 e. The van der Waals surface area contributed by atoms with Crippen molar-refractivity contribution in [3.8, 4) is 0 Å². The van der Waals surface area contributed by atoms with E-state index in [4.69, 9.17) is 4.74 Å². The zero-order valence-electron chi connectivity index (χ0n) is 18.3. The number of benzene rings is 1. The number of ether oxygens (including phenoxy) is 1. The Balaban J connectivity index is 2.15. The van der Waals surface area contributed by atoms with E-state index >= 15 is 0 Å². The molecule has 1 N–H and O–H groups in total. The van der Waals surface area contributed by atoms with Gasteiger partial charge in [-0.2, -0.15) is 0 Å². The van der Waals surface area contributed by atoms with Crippen molar-refractivity contribution in [3.63, 3.8) is 0 Å². The molecule has 2 rings (SSSR count). The first kappa shape index (κ1) is 23.2. The summed E-state index contributed by atoms with van der Waals surface area (Å²) in [7, 11) is 0.868. The van der Waals surface area contributed by atoms with E-state index in [9.17, 15) is 5.11 Å². The van der Waals surface area contributed by atoms with E-state index < -0.39 is 0 Å². The van der Waals surface area contributed by atoms with Crippen LogP contribution in [0.25, 0.3) is 0 Å². The van der Waals surface area contributed by atoms with Crippen molar-refractivity contribution in [2.45, 2.75) is 71.3 Å². The first-order valence-electron chi connectivity index (χ1n) is 10.8. The molecular weight excluding hydrogens is 363 g/mol. The second kappa shape index (κ2) is 11.2. The monoisotopic (exact) mass is 402 g/mol. The van der Waals surface area contributed by atoms with E-state index in [1.807, 2.05) is 0 Å². The molecule has 0 saturated carbocycles. The summed E-state index contributed by atoms with van der Waals surface area (Å²) in [5.74, 6) is 1.12. The van der Waals surface area contributed by atoms with Crippen molar-refractivity contribution in [2.75, 3.05) is 18.9 Å². The number of hydrogen-bond acceptors (Lipinski definition) is 2. The van der Waals surface area contributed by atoms with Crippen molar-refractivity contribution >= 4 is 8.58 Å². The number of rotatable bonds is 4. The number of allylic oxidation sites excluding steroid dienone is 1. The van der Waals surface area contributed by atoms with Crippen molar-refractivity contribution in [1.29, 1.82) is 0 Å². The van der Waals surface area contributed by atoms with Gasteiger partial charge < -0.3 is 9.84 Å². The van der Waals surface area contributed by atoms with Crippen LogP contribution in [-0.4, -0.2) is 30.1 Å². The lowest BCUT2D eigenvalue weighted by Crippen LogP contribution is -2.21. The third-order valence-electron chi connectivity index (χ3n) is 5.96. The molecule has 1 aromatic rings. The minimum atomic E-state index is 0.0929. The van der Waals surface area contributed by atoms with Crippen molar-refractivity contribution in [1.82, 2.24) is 0 Å². The van der Waals surface area contributed by atoms with Gasteiger partial charge in [0.05, 0.1) is 5.76 Å². The third kappa shape index (κ3) is 7.05. The van der Waals surface area contributed by atoms with Crippen molar-refractivity contribution < 1.29 is 9.84 Å². The summed E-state index contributed by atoms with van der Waals surface area (Å²) in [6.07, 6.45) is 9.74. The molecule has 3 heteroatoms. The molecule has 0 saturated heterocycles. The number of aliphatic hydroxyl groups excluding tert-OH is 1. The summed E-state index contributed by atoms with van der Waals surface area (Å²) in [6, 6.07) is 9.14. The minimum absolute atomic E-state index is 0.0929. The second-order valence-corrected chi connectivity index (χ2v) is 10.2. The van der Waals surface area contributed by atoms with Crippen LogP contribution >= 0.6 is 8.58 Å². The molecule has 1 heterocycles. The van der Waals surface area contributed by atoms with Gasteiger partial charge >= 0.3 is 0 Å². The van der Waals surface area contributed by atoms with Gasteiger partial charge in [0.25, 0.3) is 0 Å². The lowest BCUT2D eigenvalue weighted by molar-refractivity contribution is 0.154. The van der Waals surface area contributed by atoms with E-state index in [0.29, 0.717) is 0 Å². The molecule has 0 radical (unpaired) electrons. The molecule has 2 bridgehead atoms. The summed E-state index contributed by atoms with van der Waals surface area (Å²) in [5.41, 5.74) is 4.33. The summed E-state index contributed by atoms with van der Waals surface area (Å²) in [5, 5.41) is 9.55. The standard InChI is InChI=1S/C25H39O2P/c1-6-21(17-26)15-19(2)24-18-28-14-13-25(4,5)23-12-8-11-22(16-23)10-7-9-20(3)27-24/h8,11-12,15-16,21,24,26,28H,3,6-7,9-10,13-14,17-18H2,1-2,4-5H3/b19-15-/t21-,24?/m1/s1. The Morgan fingerprint density at radius 1 is 1.39 bits per heavy atom. The Hall–Kier alpha value is -1.11. The predicted octanol–water partition coefficient (Wildman–Crippen LogP) is 6.23. The molecule has 0 aromatic heterocycles. The number of aliphatic hydroxyl groups is 1. The Labute approximate surface area is 174 Å². The molecule has 0 aliphatic carbocycles. The summed E-state index contributed by atoms with van der Waals surface area (Å²) < 4.78 is 6.32. The van der Waals surface area contributed by atoms with Crippen LogP contribution in [0.2, 0.25) is 0 Å². The van der Waals surface area contributed by atoms with Crippen LogP contribution in [0.1, 0.15) is 64.5 Å². The first-order valence-corrected chi connectivity index (χ1v) is 12.2. The Bertz CT molecular complexity index is 658. The van der Waals surface area contributed by atoms with Crippen LogP contribution in [-0.2, 0) is 16.6 Å². The summed E-state index contributed by atoms with van der Waals surface area (Å²) in [4.78, 5) is 0. The topological polar surface area (TPSA) is 29.5 Å². The highest BCUT2D eigenvalue weighted by Gasteiger charge is 2.22. The van der Waals surface area contributed by atoms with Gasteiger partial charge in [0.2, 0.25) is 0 Å². The van der Waals surface area contributed by atoms with Gasteiger partial charge in [-0.3, -0.25) is 0 Å². The summed E-state index contributed by atoms with van der Waals surface area (Å²) >= 11 is 0. The van der Waals surface area contributed by atoms with Gasteiger partial charge in [-0.15, -0.1) is 8.58 Å². The predicted molar refractivity (Wildman–Crippen MR) is 124 cm³/mol. The van der Waals surface area contributed by atoms with Gasteiger partial charge in [0.1, 0.15) is 6.10 Å². The highest BCUT2D eigenvalue weighted by Crippen LogP contribution is 2.32. The molecule has 2 nitrogen and oxygen atoms in total. The van der Waals surface area contributed by atoms with E-state index in [2.05, 4.69) is 64.6 Å². The van der Waals surface area contributed by atoms with Crippen molar-refractivity contribution in [3.05, 3.63) is 59.4 Å². The zero-order valence-corrected chi connectivity index (χ0v) is 19.3. The van der Waals surface area contributed by atoms with E-state index in [0.717, 1.165) is 46.2 Å². The van der Waals surface area contributed by atoms with Crippen LogP contribution in [0.3, 0.4) is 0 Å². The van der Waals surface area contributed by atoms with Gasteiger partial charge in [0, 0.05) is 25.1 Å². The summed E-state index contributed by atoms with van der Waals surface area (Å²) in [6.45, 7) is 13.4. The van der Waals surface area contributed by atoms with E-state index in [1.54, 1.807) is 0 Å². The zero-order chi connectivity index (χ0) is 20.6. The maximum absolute atomic E-state index is 9.55. The average molecular weight is 403 g/mol. The Kier molecular flexibility index (Phi) is 9.25. The van der Waals surface area contributed by atoms with Crippen LogP contribution in [0.5, 0.6) is 0 Å². The lowest BCUT2D eigenvalue weighted by atomic mass is 9.81. The molecule has 156 valence electrons. The largest absolute Gasteiger partial charge is 0.491 e. The van der Waals surface area contributed by atoms with Crippen molar-refractivity contribution in [2.24, 2.45) is 5.92 Å². The number of aryl methyl sites for hydroxylation is 1. The third-order valence-corrected chi connectivity index (χ3v) is 7.22. The maximum atomic E-state index is 9.55. The molecule has 2 unspecified atom stereocenters. The number of hydrogen-bond donors (Lipinski definition) is 1.